The summed E-state index contributed by atoms with van der Waals surface area (Å²) in [6.45, 7) is 4.01. The van der Waals surface area contributed by atoms with E-state index < -0.39 is 12.0 Å². The fourth-order valence-electron chi connectivity index (χ4n) is 3.42. The first-order chi connectivity index (χ1) is 14.4. The van der Waals surface area contributed by atoms with Gasteiger partial charge in [-0.15, -0.1) is 0 Å². The molecule has 1 fully saturated rings. The second-order valence-corrected chi connectivity index (χ2v) is 7.95. The van der Waals surface area contributed by atoms with Crippen molar-refractivity contribution in [2.24, 2.45) is 0 Å². The Morgan fingerprint density at radius 2 is 1.97 bits per heavy atom. The van der Waals surface area contributed by atoms with Gasteiger partial charge in [-0.25, -0.2) is 0 Å². The van der Waals surface area contributed by atoms with E-state index in [0.29, 0.717) is 16.6 Å². The number of hydrogen-bond acceptors (Lipinski definition) is 6. The van der Waals surface area contributed by atoms with Gasteiger partial charge in [0.05, 0.1) is 0 Å². The van der Waals surface area contributed by atoms with Crippen LogP contribution in [-0.4, -0.2) is 41.1 Å². The number of carbonyl (C=O) groups is 2. The number of nitrogens with one attached hydrogen (secondary N) is 2. The summed E-state index contributed by atoms with van der Waals surface area (Å²) >= 11 is 5.93. The van der Waals surface area contributed by atoms with E-state index in [1.165, 1.54) is 6.42 Å². The fourth-order valence-corrected chi connectivity index (χ4v) is 3.65. The Labute approximate surface area is 180 Å². The van der Waals surface area contributed by atoms with Gasteiger partial charge in [0.2, 0.25) is 0 Å². The smallest absolute Gasteiger partial charge is 0.315 e. The molecule has 3 rings (SSSR count). The summed E-state index contributed by atoms with van der Waals surface area (Å²) in [6.07, 6.45) is 4.91. The molecular weight excluding hydrogens is 408 g/mol. The predicted octanol–water partition coefficient (Wildman–Crippen LogP) is 3.39. The highest BCUT2D eigenvalue weighted by Gasteiger charge is 2.23. The maximum absolute atomic E-state index is 12.2. The zero-order valence-electron chi connectivity index (χ0n) is 17.2. The number of nitrogens with zero attached hydrogens (tertiary/aromatic N) is 2. The van der Waals surface area contributed by atoms with Gasteiger partial charge in [0.1, 0.15) is 5.75 Å². The van der Waals surface area contributed by atoms with Crippen LogP contribution in [0.15, 0.2) is 22.7 Å². The zero-order valence-corrected chi connectivity index (χ0v) is 18.0. The van der Waals surface area contributed by atoms with Crippen LogP contribution in [0.3, 0.4) is 0 Å². The molecule has 2 aromatic rings. The first-order valence-corrected chi connectivity index (χ1v) is 10.6. The van der Waals surface area contributed by atoms with Crippen molar-refractivity contribution >= 4 is 23.4 Å². The van der Waals surface area contributed by atoms with Crippen LogP contribution in [0, 0.1) is 6.92 Å². The van der Waals surface area contributed by atoms with Gasteiger partial charge in [-0.1, -0.05) is 36.0 Å². The average molecular weight is 435 g/mol. The minimum absolute atomic E-state index is 0.0446. The highest BCUT2D eigenvalue weighted by Crippen LogP contribution is 2.30. The van der Waals surface area contributed by atoms with Crippen molar-refractivity contribution in [2.75, 3.05) is 13.1 Å². The highest BCUT2D eigenvalue weighted by atomic mass is 35.5. The van der Waals surface area contributed by atoms with Crippen molar-refractivity contribution in [3.8, 4) is 5.75 Å². The van der Waals surface area contributed by atoms with Crippen LogP contribution < -0.4 is 15.4 Å². The molecular formula is C21H27ClN4O4. The summed E-state index contributed by atoms with van der Waals surface area (Å²) in [5, 5.41) is 9.96. The van der Waals surface area contributed by atoms with Gasteiger partial charge in [0, 0.05) is 24.0 Å². The molecule has 1 aromatic heterocycles. The molecule has 0 aliphatic heterocycles. The summed E-state index contributed by atoms with van der Waals surface area (Å²) in [7, 11) is 0. The van der Waals surface area contributed by atoms with Crippen molar-refractivity contribution in [1.82, 2.24) is 20.8 Å². The number of aromatic nitrogens is 2. The second kappa shape index (κ2) is 10.4. The lowest BCUT2D eigenvalue weighted by atomic mass is 9.89. The van der Waals surface area contributed by atoms with Crippen molar-refractivity contribution < 1.29 is 18.8 Å². The topological polar surface area (TPSA) is 106 Å². The molecule has 1 atom stereocenters. The molecule has 1 unspecified atom stereocenters. The van der Waals surface area contributed by atoms with Crippen molar-refractivity contribution in [2.45, 2.75) is 58.0 Å². The normalized spacial score (nSPS) is 15.4. The number of halogens is 1. The molecule has 1 aliphatic rings. The SMILES string of the molecule is Cc1cc(Cl)ccc1OC(C)C(=O)NCCNC(=O)c1nc(C2CCCCC2)no1. The van der Waals surface area contributed by atoms with Crippen molar-refractivity contribution in [1.29, 1.82) is 0 Å². The molecule has 30 heavy (non-hydrogen) atoms. The summed E-state index contributed by atoms with van der Waals surface area (Å²) in [6, 6.07) is 5.21. The molecule has 9 heteroatoms. The molecule has 1 aromatic carbocycles. The van der Waals surface area contributed by atoms with Gasteiger partial charge in [0.25, 0.3) is 5.91 Å². The number of hydrogen-bond donors (Lipinski definition) is 2. The Balaban J connectivity index is 1.39. The van der Waals surface area contributed by atoms with Gasteiger partial charge in [-0.2, -0.15) is 4.98 Å². The Morgan fingerprint density at radius 1 is 1.23 bits per heavy atom. The fraction of sp³-hybridized carbons (Fsp3) is 0.524. The number of ether oxygens (including phenoxy) is 1. The first kappa shape index (κ1) is 22.1. The van der Waals surface area contributed by atoms with Gasteiger partial charge in [-0.05, 0) is 50.5 Å². The lowest BCUT2D eigenvalue weighted by Crippen LogP contribution is -2.40. The molecule has 2 amide bonds. The van der Waals surface area contributed by atoms with Gasteiger partial charge in [0.15, 0.2) is 11.9 Å². The van der Waals surface area contributed by atoms with Gasteiger partial charge < -0.3 is 19.9 Å². The lowest BCUT2D eigenvalue weighted by molar-refractivity contribution is -0.127. The largest absolute Gasteiger partial charge is 0.481 e. The maximum Gasteiger partial charge on any atom is 0.315 e. The van der Waals surface area contributed by atoms with Crippen LogP contribution in [0.2, 0.25) is 5.02 Å². The molecule has 0 saturated heterocycles. The van der Waals surface area contributed by atoms with E-state index in [9.17, 15) is 9.59 Å². The number of carbonyl (C=O) groups excluding carboxylic acids is 2. The molecule has 162 valence electrons. The molecule has 1 heterocycles. The number of benzene rings is 1. The summed E-state index contributed by atoms with van der Waals surface area (Å²) in [5.41, 5.74) is 0.849. The molecule has 0 spiro atoms. The van der Waals surface area contributed by atoms with Crippen LogP contribution in [0.1, 0.15) is 67.0 Å². The van der Waals surface area contributed by atoms with Gasteiger partial charge >= 0.3 is 11.8 Å². The molecule has 1 aliphatic carbocycles. The van der Waals surface area contributed by atoms with E-state index in [2.05, 4.69) is 20.8 Å². The summed E-state index contributed by atoms with van der Waals surface area (Å²) in [4.78, 5) is 28.6. The minimum Gasteiger partial charge on any atom is -0.481 e. The number of rotatable bonds is 8. The van der Waals surface area contributed by atoms with E-state index in [1.807, 2.05) is 6.92 Å². The highest BCUT2D eigenvalue weighted by molar-refractivity contribution is 6.30. The molecule has 0 radical (unpaired) electrons. The third kappa shape index (κ3) is 5.95. The second-order valence-electron chi connectivity index (χ2n) is 7.51. The molecule has 0 bridgehead atoms. The predicted molar refractivity (Wildman–Crippen MR) is 112 cm³/mol. The maximum atomic E-state index is 12.2. The van der Waals surface area contributed by atoms with E-state index in [-0.39, 0.29) is 30.8 Å². The third-order valence-corrected chi connectivity index (χ3v) is 5.36. The Bertz CT molecular complexity index is 880. The standard InChI is InChI=1S/C21H27ClN4O4/c1-13-12-16(22)8-9-17(13)29-14(2)19(27)23-10-11-24-20(28)21-25-18(26-30-21)15-6-4-3-5-7-15/h8-9,12,14-15H,3-7,10-11H2,1-2H3,(H,23,27)(H,24,28). The Hall–Kier alpha value is -2.61. The number of amides is 2. The average Bonchev–Trinajstić information content (AvgIpc) is 3.24. The van der Waals surface area contributed by atoms with Crippen LogP contribution in [-0.2, 0) is 4.79 Å². The zero-order chi connectivity index (χ0) is 21.5. The molecule has 8 nitrogen and oxygen atoms in total. The Morgan fingerprint density at radius 3 is 2.70 bits per heavy atom. The lowest BCUT2D eigenvalue weighted by Gasteiger charge is -2.17. The summed E-state index contributed by atoms with van der Waals surface area (Å²) in [5.74, 6) is 0.707. The van der Waals surface area contributed by atoms with Crippen LogP contribution >= 0.6 is 11.6 Å². The van der Waals surface area contributed by atoms with Crippen LogP contribution in [0.5, 0.6) is 5.75 Å². The van der Waals surface area contributed by atoms with E-state index >= 15 is 0 Å². The quantitative estimate of drug-likeness (QED) is 0.617. The van der Waals surface area contributed by atoms with Crippen molar-refractivity contribution in [3.63, 3.8) is 0 Å². The van der Waals surface area contributed by atoms with Crippen LogP contribution in [0.4, 0.5) is 0 Å². The monoisotopic (exact) mass is 434 g/mol. The minimum atomic E-state index is -0.686. The van der Waals surface area contributed by atoms with Crippen molar-refractivity contribution in [3.05, 3.63) is 40.5 Å². The van der Waals surface area contributed by atoms with E-state index in [1.54, 1.807) is 25.1 Å². The number of aryl methyl sites for hydroxylation is 1. The third-order valence-electron chi connectivity index (χ3n) is 5.13. The summed E-state index contributed by atoms with van der Waals surface area (Å²) < 4.78 is 10.8. The van der Waals surface area contributed by atoms with E-state index in [0.717, 1.165) is 31.2 Å². The molecule has 1 saturated carbocycles. The van der Waals surface area contributed by atoms with Crippen LogP contribution in [0.25, 0.3) is 0 Å². The van der Waals surface area contributed by atoms with Gasteiger partial charge in [-0.3, -0.25) is 9.59 Å². The first-order valence-electron chi connectivity index (χ1n) is 10.3. The van der Waals surface area contributed by atoms with E-state index in [4.69, 9.17) is 20.9 Å². The molecule has 2 N–H and O–H groups in total. The Kier molecular flexibility index (Phi) is 7.68.